The van der Waals surface area contributed by atoms with E-state index in [0.717, 1.165) is 19.3 Å². The summed E-state index contributed by atoms with van der Waals surface area (Å²) in [7, 11) is 0. The molecular formula is C12H16N2O3. The van der Waals surface area contributed by atoms with Crippen LogP contribution in [0.3, 0.4) is 0 Å². The zero-order valence-corrected chi connectivity index (χ0v) is 10.0. The van der Waals surface area contributed by atoms with E-state index in [-0.39, 0.29) is 23.9 Å². The highest BCUT2D eigenvalue weighted by molar-refractivity contribution is 6.04. The molecule has 4 unspecified atom stereocenters. The maximum absolute atomic E-state index is 12.1. The Bertz CT molecular complexity index is 384. The lowest BCUT2D eigenvalue weighted by atomic mass is 9.66. The fourth-order valence-electron chi connectivity index (χ4n) is 3.98. The van der Waals surface area contributed by atoms with Crippen molar-refractivity contribution in [3.8, 4) is 0 Å². The van der Waals surface area contributed by atoms with Crippen molar-refractivity contribution in [2.24, 2.45) is 11.8 Å². The zero-order chi connectivity index (χ0) is 12.3. The molecule has 0 aromatic heterocycles. The molecule has 0 spiro atoms. The Kier molecular flexibility index (Phi) is 2.09. The molecule has 5 nitrogen and oxygen atoms in total. The van der Waals surface area contributed by atoms with Gasteiger partial charge in [-0.25, -0.2) is 4.79 Å². The van der Waals surface area contributed by atoms with Crippen molar-refractivity contribution in [3.63, 3.8) is 0 Å². The first-order chi connectivity index (χ1) is 8.04. The third-order valence-electron chi connectivity index (χ3n) is 4.54. The van der Waals surface area contributed by atoms with Gasteiger partial charge in [-0.15, -0.1) is 0 Å². The van der Waals surface area contributed by atoms with Gasteiger partial charge in [0.05, 0.1) is 12.1 Å². The molecule has 0 aromatic carbocycles. The molecule has 1 heterocycles. The second-order valence-corrected chi connectivity index (χ2v) is 5.30. The van der Waals surface area contributed by atoms with Gasteiger partial charge in [-0.2, -0.15) is 0 Å². The van der Waals surface area contributed by atoms with Crippen LogP contribution in [0.25, 0.3) is 0 Å². The van der Waals surface area contributed by atoms with Crippen molar-refractivity contribution in [2.45, 2.75) is 45.2 Å². The maximum Gasteiger partial charge on any atom is 0.334 e. The molecule has 2 aliphatic carbocycles. The van der Waals surface area contributed by atoms with Crippen LogP contribution in [-0.2, 0) is 9.59 Å². The first-order valence-corrected chi connectivity index (χ1v) is 6.17. The minimum absolute atomic E-state index is 0.0450. The van der Waals surface area contributed by atoms with Crippen molar-refractivity contribution in [3.05, 3.63) is 0 Å². The first-order valence-electron chi connectivity index (χ1n) is 6.17. The van der Waals surface area contributed by atoms with Gasteiger partial charge in [0.15, 0.2) is 0 Å². The number of fused-ring (bicyclic) bond motifs is 4. The van der Waals surface area contributed by atoms with E-state index in [0.29, 0.717) is 11.8 Å². The highest BCUT2D eigenvalue weighted by Gasteiger charge is 2.65. The smallest absolute Gasteiger partial charge is 0.275 e. The molecule has 17 heavy (non-hydrogen) atoms. The van der Waals surface area contributed by atoms with E-state index in [4.69, 9.17) is 0 Å². The summed E-state index contributed by atoms with van der Waals surface area (Å²) >= 11 is 0. The van der Waals surface area contributed by atoms with E-state index in [2.05, 4.69) is 0 Å². The van der Waals surface area contributed by atoms with E-state index in [1.165, 1.54) is 23.6 Å². The normalized spacial score (nSPS) is 38.8. The Labute approximate surface area is 99.7 Å². The second kappa shape index (κ2) is 3.31. The van der Waals surface area contributed by atoms with E-state index in [9.17, 15) is 14.4 Å². The lowest BCUT2D eigenvalue weighted by Gasteiger charge is -2.47. The summed E-state index contributed by atoms with van der Waals surface area (Å²) in [5.74, 6) is 0.382. The molecule has 3 rings (SSSR count). The van der Waals surface area contributed by atoms with Gasteiger partial charge >= 0.3 is 6.03 Å². The summed E-state index contributed by atoms with van der Waals surface area (Å²) in [6, 6.07) is -0.498. The lowest BCUT2D eigenvalue weighted by Crippen LogP contribution is -2.60. The van der Waals surface area contributed by atoms with E-state index >= 15 is 0 Å². The SMILES string of the molecule is CC(=O)N1C(=O)N(C(C)=O)C2C3CCCC3C21. The fourth-order valence-corrected chi connectivity index (χ4v) is 3.98. The number of carbonyl (C=O) groups excluding carboxylic acids is 3. The van der Waals surface area contributed by atoms with Gasteiger partial charge in [0, 0.05) is 13.8 Å². The third-order valence-corrected chi connectivity index (χ3v) is 4.54. The molecule has 4 amide bonds. The fraction of sp³-hybridized carbons (Fsp3) is 0.750. The van der Waals surface area contributed by atoms with Gasteiger partial charge in [0.1, 0.15) is 0 Å². The molecule has 92 valence electrons. The summed E-state index contributed by atoms with van der Waals surface area (Å²) in [6.07, 6.45) is 3.30. The van der Waals surface area contributed by atoms with Gasteiger partial charge in [-0.1, -0.05) is 6.42 Å². The Balaban J connectivity index is 1.98. The standard InChI is InChI=1S/C12H16N2O3/c1-6(15)13-10-8-4-3-5-9(8)11(10)14(7(2)16)12(13)17/h8-11H,3-5H2,1-2H3. The van der Waals surface area contributed by atoms with Gasteiger partial charge in [-0.05, 0) is 24.7 Å². The lowest BCUT2D eigenvalue weighted by molar-refractivity contribution is -0.134. The predicted molar refractivity (Wildman–Crippen MR) is 58.8 cm³/mol. The number of carbonyl (C=O) groups is 3. The topological polar surface area (TPSA) is 57.7 Å². The maximum atomic E-state index is 12.1. The van der Waals surface area contributed by atoms with Crippen molar-refractivity contribution < 1.29 is 14.4 Å². The summed E-state index contributed by atoms with van der Waals surface area (Å²) < 4.78 is 0. The van der Waals surface area contributed by atoms with Gasteiger partial charge in [0.2, 0.25) is 11.8 Å². The van der Waals surface area contributed by atoms with Crippen molar-refractivity contribution in [1.82, 2.24) is 9.80 Å². The summed E-state index contributed by atoms with van der Waals surface area (Å²) in [4.78, 5) is 37.8. The van der Waals surface area contributed by atoms with Crippen LogP contribution in [0.15, 0.2) is 0 Å². The molecule has 2 saturated carbocycles. The summed E-state index contributed by atoms with van der Waals surface area (Å²) in [5, 5.41) is 0. The average Bonchev–Trinajstić information content (AvgIpc) is 2.72. The molecule has 1 saturated heterocycles. The third kappa shape index (κ3) is 1.17. The van der Waals surface area contributed by atoms with Crippen molar-refractivity contribution in [1.29, 1.82) is 0 Å². The van der Waals surface area contributed by atoms with Crippen molar-refractivity contribution in [2.75, 3.05) is 0 Å². The minimum Gasteiger partial charge on any atom is -0.275 e. The molecule has 4 atom stereocenters. The van der Waals surface area contributed by atoms with E-state index in [1.807, 2.05) is 0 Å². The number of nitrogens with zero attached hydrogens (tertiary/aromatic N) is 2. The quantitative estimate of drug-likeness (QED) is 0.630. The molecule has 0 radical (unpaired) electrons. The highest BCUT2D eigenvalue weighted by Crippen LogP contribution is 2.54. The van der Waals surface area contributed by atoms with E-state index in [1.54, 1.807) is 0 Å². The number of hydrogen-bond acceptors (Lipinski definition) is 3. The monoisotopic (exact) mass is 236 g/mol. The van der Waals surface area contributed by atoms with Crippen LogP contribution < -0.4 is 0 Å². The van der Waals surface area contributed by atoms with Crippen LogP contribution in [0.1, 0.15) is 33.1 Å². The number of amides is 4. The van der Waals surface area contributed by atoms with Gasteiger partial charge in [-0.3, -0.25) is 19.4 Å². The van der Waals surface area contributed by atoms with Crippen LogP contribution in [-0.4, -0.2) is 39.7 Å². The van der Waals surface area contributed by atoms with Crippen LogP contribution >= 0.6 is 0 Å². The molecule has 0 aromatic rings. The highest BCUT2D eigenvalue weighted by atomic mass is 16.2. The molecule has 1 aliphatic heterocycles. The van der Waals surface area contributed by atoms with Gasteiger partial charge < -0.3 is 0 Å². The van der Waals surface area contributed by atoms with Crippen LogP contribution in [0.5, 0.6) is 0 Å². The second-order valence-electron chi connectivity index (χ2n) is 5.30. The molecule has 0 N–H and O–H groups in total. The summed E-state index contributed by atoms with van der Waals surface area (Å²) in [5.41, 5.74) is 0. The van der Waals surface area contributed by atoms with Crippen molar-refractivity contribution >= 4 is 17.8 Å². The molecule has 0 bridgehead atoms. The molecular weight excluding hydrogens is 220 g/mol. The Morgan fingerprint density at radius 3 is 1.76 bits per heavy atom. The zero-order valence-electron chi connectivity index (χ0n) is 10.0. The number of urea groups is 1. The molecule has 3 aliphatic rings. The average molecular weight is 236 g/mol. The Hall–Kier alpha value is -1.39. The van der Waals surface area contributed by atoms with Crippen LogP contribution in [0, 0.1) is 11.8 Å². The largest absolute Gasteiger partial charge is 0.334 e. The molecule has 5 heteroatoms. The van der Waals surface area contributed by atoms with Crippen LogP contribution in [0.4, 0.5) is 4.79 Å². The summed E-state index contributed by atoms with van der Waals surface area (Å²) in [6.45, 7) is 2.81. The number of imide groups is 2. The predicted octanol–water partition coefficient (Wildman–Crippen LogP) is 0.984. The van der Waals surface area contributed by atoms with E-state index < -0.39 is 6.03 Å². The Morgan fingerprint density at radius 1 is 1.00 bits per heavy atom. The van der Waals surface area contributed by atoms with Gasteiger partial charge in [0.25, 0.3) is 0 Å². The first kappa shape index (κ1) is 10.7. The minimum atomic E-state index is -0.408. The number of rotatable bonds is 0. The molecule has 3 fully saturated rings. The number of hydrogen-bond donors (Lipinski definition) is 0. The Morgan fingerprint density at radius 2 is 1.41 bits per heavy atom. The van der Waals surface area contributed by atoms with Crippen LogP contribution in [0.2, 0.25) is 0 Å².